The second kappa shape index (κ2) is 4.92. The Morgan fingerprint density at radius 2 is 2.11 bits per heavy atom. The Hall–Kier alpha value is -1.03. The number of cyclic esters (lactones) is 1. The van der Waals surface area contributed by atoms with Crippen LogP contribution in [0.1, 0.15) is 0 Å². The highest BCUT2D eigenvalue weighted by atomic mass is 127. The molecule has 0 aliphatic carbocycles. The predicted octanol–water partition coefficient (Wildman–Crippen LogP) is 2.03. The summed E-state index contributed by atoms with van der Waals surface area (Å²) in [5.41, 5.74) is -0.536. The molecule has 1 heterocycles. The molecule has 1 amide bonds. The summed E-state index contributed by atoms with van der Waals surface area (Å²) < 4.78 is 44.5. The Morgan fingerprint density at radius 3 is 2.67 bits per heavy atom. The third kappa shape index (κ3) is 2.14. The quantitative estimate of drug-likeness (QED) is 0.491. The van der Waals surface area contributed by atoms with Crippen molar-refractivity contribution in [2.75, 3.05) is 18.1 Å². The predicted molar refractivity (Wildman–Crippen MR) is 63.7 cm³/mol. The van der Waals surface area contributed by atoms with Crippen LogP contribution in [0.15, 0.2) is 6.07 Å². The molecule has 1 atom stereocenters. The van der Waals surface area contributed by atoms with Gasteiger partial charge in [-0.1, -0.05) is 0 Å². The van der Waals surface area contributed by atoms with E-state index in [1.807, 2.05) is 0 Å². The van der Waals surface area contributed by atoms with Gasteiger partial charge in [-0.25, -0.2) is 18.0 Å². The highest BCUT2D eigenvalue weighted by Gasteiger charge is 2.35. The Bertz CT molecular complexity index is 512. The number of aliphatic hydroxyl groups is 1. The third-order valence-electron chi connectivity index (χ3n) is 2.45. The van der Waals surface area contributed by atoms with Gasteiger partial charge in [-0.05, 0) is 22.6 Å². The standard InChI is InChI=1S/C10H7F3INO3/c11-5-1-6(7(12)8(13)9(5)14)15-2-4(3-16)18-10(15)17/h1,4,16H,2-3H2/t4-/m1/s1. The highest BCUT2D eigenvalue weighted by molar-refractivity contribution is 14.1. The largest absolute Gasteiger partial charge is 0.441 e. The molecule has 1 aliphatic rings. The summed E-state index contributed by atoms with van der Waals surface area (Å²) in [6, 6.07) is 0.723. The number of anilines is 1. The summed E-state index contributed by atoms with van der Waals surface area (Å²) in [4.78, 5) is 12.1. The summed E-state index contributed by atoms with van der Waals surface area (Å²) in [6.45, 7) is -0.606. The second-order valence-electron chi connectivity index (χ2n) is 3.62. The second-order valence-corrected chi connectivity index (χ2v) is 4.70. The SMILES string of the molecule is O=C1O[C@@H](CO)CN1c1cc(F)c(I)c(F)c1F. The summed E-state index contributed by atoms with van der Waals surface area (Å²) in [7, 11) is 0. The molecule has 0 saturated carbocycles. The van der Waals surface area contributed by atoms with Crippen LogP contribution in [0, 0.1) is 21.0 Å². The number of hydrogen-bond donors (Lipinski definition) is 1. The fourth-order valence-electron chi connectivity index (χ4n) is 1.57. The maximum Gasteiger partial charge on any atom is 0.414 e. The van der Waals surface area contributed by atoms with Crippen molar-refractivity contribution in [3.8, 4) is 0 Å². The van der Waals surface area contributed by atoms with E-state index in [2.05, 4.69) is 4.74 Å². The van der Waals surface area contributed by atoms with Crippen LogP contribution in [0.3, 0.4) is 0 Å². The van der Waals surface area contributed by atoms with Gasteiger partial charge in [0.2, 0.25) is 0 Å². The van der Waals surface area contributed by atoms with Crippen LogP contribution < -0.4 is 4.90 Å². The first-order chi connectivity index (χ1) is 8.45. The van der Waals surface area contributed by atoms with Gasteiger partial charge in [0.25, 0.3) is 0 Å². The molecule has 1 N–H and O–H groups in total. The average molecular weight is 373 g/mol. The Kier molecular flexibility index (Phi) is 3.66. The molecule has 2 rings (SSSR count). The fourth-order valence-corrected chi connectivity index (χ4v) is 1.96. The minimum Gasteiger partial charge on any atom is -0.441 e. The molecule has 4 nitrogen and oxygen atoms in total. The van der Waals surface area contributed by atoms with Crippen molar-refractivity contribution < 1.29 is 27.8 Å². The Morgan fingerprint density at radius 1 is 1.44 bits per heavy atom. The number of aliphatic hydroxyl groups excluding tert-OH is 1. The first-order valence-electron chi connectivity index (χ1n) is 4.87. The van der Waals surface area contributed by atoms with Crippen molar-refractivity contribution in [2.24, 2.45) is 0 Å². The molecule has 0 aromatic heterocycles. The molecule has 1 aromatic carbocycles. The number of rotatable bonds is 2. The van der Waals surface area contributed by atoms with Gasteiger partial charge in [0.05, 0.1) is 22.4 Å². The van der Waals surface area contributed by atoms with Crippen molar-refractivity contribution >= 4 is 34.4 Å². The average Bonchev–Trinajstić information content (AvgIpc) is 2.72. The lowest BCUT2D eigenvalue weighted by Crippen LogP contribution is -2.27. The lowest BCUT2D eigenvalue weighted by Gasteiger charge is -2.15. The number of carbonyl (C=O) groups is 1. The summed E-state index contributed by atoms with van der Waals surface area (Å²) in [6.07, 6.45) is -1.78. The summed E-state index contributed by atoms with van der Waals surface area (Å²) in [5.74, 6) is -3.65. The first kappa shape index (κ1) is 13.4. The molecule has 0 radical (unpaired) electrons. The zero-order chi connectivity index (χ0) is 13.4. The molecule has 1 aliphatic heterocycles. The van der Waals surface area contributed by atoms with Gasteiger partial charge in [0.1, 0.15) is 11.9 Å². The molecule has 98 valence electrons. The van der Waals surface area contributed by atoms with E-state index >= 15 is 0 Å². The molecular weight excluding hydrogens is 366 g/mol. The smallest absolute Gasteiger partial charge is 0.414 e. The number of amides is 1. The lowest BCUT2D eigenvalue weighted by molar-refractivity contribution is 0.0963. The van der Waals surface area contributed by atoms with Gasteiger partial charge in [-0.15, -0.1) is 0 Å². The van der Waals surface area contributed by atoms with E-state index in [0.29, 0.717) is 0 Å². The third-order valence-corrected chi connectivity index (χ3v) is 3.44. The van der Waals surface area contributed by atoms with Crippen molar-refractivity contribution in [1.29, 1.82) is 0 Å². The molecule has 0 spiro atoms. The minimum absolute atomic E-state index is 0.161. The van der Waals surface area contributed by atoms with E-state index in [9.17, 15) is 18.0 Å². The maximum atomic E-state index is 13.6. The number of ether oxygens (including phenoxy) is 1. The van der Waals surface area contributed by atoms with E-state index in [1.54, 1.807) is 0 Å². The zero-order valence-corrected chi connectivity index (χ0v) is 10.9. The van der Waals surface area contributed by atoms with E-state index in [4.69, 9.17) is 5.11 Å². The van der Waals surface area contributed by atoms with Crippen LogP contribution in [0.2, 0.25) is 0 Å². The monoisotopic (exact) mass is 373 g/mol. The summed E-state index contributed by atoms with van der Waals surface area (Å²) in [5, 5.41) is 8.82. The van der Waals surface area contributed by atoms with Crippen LogP contribution in [0.25, 0.3) is 0 Å². The van der Waals surface area contributed by atoms with E-state index in [-0.39, 0.29) is 6.54 Å². The molecule has 1 saturated heterocycles. The van der Waals surface area contributed by atoms with Crippen LogP contribution in [0.4, 0.5) is 23.7 Å². The van der Waals surface area contributed by atoms with E-state index in [1.165, 1.54) is 22.6 Å². The van der Waals surface area contributed by atoms with E-state index in [0.717, 1.165) is 11.0 Å². The maximum absolute atomic E-state index is 13.6. The van der Waals surface area contributed by atoms with Crippen molar-refractivity contribution in [3.63, 3.8) is 0 Å². The molecular formula is C10H7F3INO3. The minimum atomic E-state index is -1.36. The van der Waals surface area contributed by atoms with Gasteiger partial charge in [-0.3, -0.25) is 4.90 Å². The van der Waals surface area contributed by atoms with Gasteiger partial charge in [0, 0.05) is 6.07 Å². The molecule has 8 heteroatoms. The number of carbonyl (C=O) groups excluding carboxylic acids is 1. The van der Waals surface area contributed by atoms with Crippen molar-refractivity contribution in [1.82, 2.24) is 0 Å². The Balaban J connectivity index is 2.43. The van der Waals surface area contributed by atoms with Crippen molar-refractivity contribution in [3.05, 3.63) is 27.1 Å². The van der Waals surface area contributed by atoms with Gasteiger partial charge >= 0.3 is 6.09 Å². The fraction of sp³-hybridized carbons (Fsp3) is 0.300. The zero-order valence-electron chi connectivity index (χ0n) is 8.79. The van der Waals surface area contributed by atoms with Crippen LogP contribution in [-0.2, 0) is 4.74 Å². The van der Waals surface area contributed by atoms with Crippen LogP contribution >= 0.6 is 22.6 Å². The first-order valence-corrected chi connectivity index (χ1v) is 5.95. The van der Waals surface area contributed by atoms with Gasteiger partial charge in [-0.2, -0.15) is 0 Å². The number of hydrogen-bond acceptors (Lipinski definition) is 3. The topological polar surface area (TPSA) is 49.8 Å². The lowest BCUT2D eigenvalue weighted by atomic mass is 10.2. The molecule has 1 aromatic rings. The number of nitrogens with zero attached hydrogens (tertiary/aromatic N) is 1. The highest BCUT2D eigenvalue weighted by Crippen LogP contribution is 2.30. The summed E-state index contributed by atoms with van der Waals surface area (Å²) >= 11 is 1.33. The van der Waals surface area contributed by atoms with Gasteiger partial charge < -0.3 is 9.84 Å². The Labute approximate surface area is 113 Å². The van der Waals surface area contributed by atoms with Crippen LogP contribution in [0.5, 0.6) is 0 Å². The van der Waals surface area contributed by atoms with E-state index < -0.39 is 45.5 Å². The van der Waals surface area contributed by atoms with Crippen molar-refractivity contribution in [2.45, 2.75) is 6.10 Å². The van der Waals surface area contributed by atoms with Crippen LogP contribution in [-0.4, -0.2) is 30.5 Å². The number of benzene rings is 1. The molecule has 0 bridgehead atoms. The molecule has 18 heavy (non-hydrogen) atoms. The number of halogens is 4. The molecule has 0 unspecified atom stereocenters. The van der Waals surface area contributed by atoms with Gasteiger partial charge in [0.15, 0.2) is 11.6 Å². The normalized spacial score (nSPS) is 19.3. The molecule has 1 fully saturated rings.